The smallest absolute Gasteiger partial charge is 0.255 e. The number of alkyl halides is 1. The van der Waals surface area contributed by atoms with Crippen LogP contribution in [0.1, 0.15) is 44.1 Å². The first-order valence-electron chi connectivity index (χ1n) is 10.5. The van der Waals surface area contributed by atoms with Crippen LogP contribution in [0.25, 0.3) is 0 Å². The van der Waals surface area contributed by atoms with Gasteiger partial charge in [-0.2, -0.15) is 5.10 Å². The minimum Gasteiger partial charge on any atom is -0.493 e. The van der Waals surface area contributed by atoms with Crippen molar-refractivity contribution in [2.75, 3.05) is 33.2 Å². The quantitative estimate of drug-likeness (QED) is 0.669. The molecule has 1 saturated carbocycles. The van der Waals surface area contributed by atoms with Gasteiger partial charge in [-0.25, -0.2) is 5.01 Å². The van der Waals surface area contributed by atoms with Crippen molar-refractivity contribution in [3.8, 4) is 11.5 Å². The molecule has 2 heterocycles. The Morgan fingerprint density at radius 3 is 2.43 bits per heavy atom. The number of halogens is 1. The lowest BCUT2D eigenvalue weighted by Crippen LogP contribution is -2.48. The molecule has 8 heteroatoms. The molecule has 2 aliphatic heterocycles. The fourth-order valence-corrected chi connectivity index (χ4v) is 5.18. The van der Waals surface area contributed by atoms with Gasteiger partial charge in [0.1, 0.15) is 5.88 Å². The van der Waals surface area contributed by atoms with E-state index in [0.717, 1.165) is 37.0 Å². The number of carbonyl (C=O) groups excluding carboxylic acids is 2. The SMILES string of the molecule is COc1ccc(C2=NN(C3CCN(C(=O)CCl)CC3)C(=O)C23CCCC3)cc1OC. The van der Waals surface area contributed by atoms with Crippen molar-refractivity contribution < 1.29 is 19.1 Å². The van der Waals surface area contributed by atoms with E-state index < -0.39 is 5.41 Å². The molecule has 1 spiro atoms. The number of hydrogen-bond acceptors (Lipinski definition) is 5. The number of benzene rings is 1. The Morgan fingerprint density at radius 2 is 1.83 bits per heavy atom. The second kappa shape index (κ2) is 8.46. The maximum atomic E-state index is 13.6. The normalized spacial score (nSPS) is 21.3. The topological polar surface area (TPSA) is 71.4 Å². The average molecular weight is 434 g/mol. The molecule has 1 saturated heterocycles. The molecule has 7 nitrogen and oxygen atoms in total. The molecule has 0 N–H and O–H groups in total. The monoisotopic (exact) mass is 433 g/mol. The lowest BCUT2D eigenvalue weighted by atomic mass is 9.77. The zero-order chi connectivity index (χ0) is 21.3. The summed E-state index contributed by atoms with van der Waals surface area (Å²) in [6, 6.07) is 5.74. The second-order valence-electron chi connectivity index (χ2n) is 8.20. The molecule has 0 aromatic heterocycles. The predicted molar refractivity (Wildman–Crippen MR) is 114 cm³/mol. The molecule has 1 aliphatic carbocycles. The summed E-state index contributed by atoms with van der Waals surface area (Å²) in [5.74, 6) is 1.33. The van der Waals surface area contributed by atoms with Gasteiger partial charge in [-0.15, -0.1) is 11.6 Å². The van der Waals surface area contributed by atoms with Crippen LogP contribution in [0, 0.1) is 5.41 Å². The van der Waals surface area contributed by atoms with E-state index in [1.807, 2.05) is 18.2 Å². The second-order valence-corrected chi connectivity index (χ2v) is 8.47. The minimum absolute atomic E-state index is 0.00196. The van der Waals surface area contributed by atoms with E-state index in [9.17, 15) is 9.59 Å². The molecule has 30 heavy (non-hydrogen) atoms. The summed E-state index contributed by atoms with van der Waals surface area (Å²) in [5, 5.41) is 6.60. The van der Waals surface area contributed by atoms with Gasteiger partial charge in [-0.05, 0) is 43.9 Å². The number of hydrogen-bond donors (Lipinski definition) is 0. The molecule has 0 radical (unpaired) electrons. The van der Waals surface area contributed by atoms with Crippen molar-refractivity contribution in [3.05, 3.63) is 23.8 Å². The highest BCUT2D eigenvalue weighted by Crippen LogP contribution is 2.48. The fourth-order valence-electron chi connectivity index (χ4n) is 5.01. The number of carbonyl (C=O) groups is 2. The first kappa shape index (κ1) is 21.0. The van der Waals surface area contributed by atoms with Crippen molar-refractivity contribution >= 4 is 29.1 Å². The molecule has 2 amide bonds. The van der Waals surface area contributed by atoms with Crippen LogP contribution in [0.4, 0.5) is 0 Å². The maximum Gasteiger partial charge on any atom is 0.255 e. The zero-order valence-electron chi connectivity index (χ0n) is 17.5. The van der Waals surface area contributed by atoms with E-state index in [-0.39, 0.29) is 23.7 Å². The van der Waals surface area contributed by atoms with E-state index >= 15 is 0 Å². The number of methoxy groups -OCH3 is 2. The molecule has 0 unspecified atom stereocenters. The molecule has 1 aromatic carbocycles. The van der Waals surface area contributed by atoms with Gasteiger partial charge in [-0.3, -0.25) is 9.59 Å². The Hall–Kier alpha value is -2.28. The Labute approximate surface area is 181 Å². The molecule has 0 bridgehead atoms. The van der Waals surface area contributed by atoms with Crippen LogP contribution < -0.4 is 9.47 Å². The van der Waals surface area contributed by atoms with Gasteiger partial charge in [0.15, 0.2) is 11.5 Å². The molecule has 162 valence electrons. The number of likely N-dealkylation sites (tertiary alicyclic amines) is 1. The third-order valence-electron chi connectivity index (χ3n) is 6.67. The van der Waals surface area contributed by atoms with Crippen molar-refractivity contribution in [1.82, 2.24) is 9.91 Å². The van der Waals surface area contributed by atoms with E-state index in [2.05, 4.69) is 0 Å². The standard InChI is InChI=1S/C22H28ClN3O4/c1-29-17-6-5-15(13-18(17)30-2)20-22(9-3-4-10-22)21(28)26(24-20)16-7-11-25(12-8-16)19(27)14-23/h5-6,13,16H,3-4,7-12,14H2,1-2H3. The first-order chi connectivity index (χ1) is 14.5. The number of nitrogens with zero attached hydrogens (tertiary/aromatic N) is 3. The number of amides is 2. The highest BCUT2D eigenvalue weighted by Gasteiger charge is 2.54. The van der Waals surface area contributed by atoms with Gasteiger partial charge in [-0.1, -0.05) is 12.8 Å². The van der Waals surface area contributed by atoms with E-state index in [0.29, 0.717) is 37.4 Å². The van der Waals surface area contributed by atoms with Crippen LogP contribution in [0.15, 0.2) is 23.3 Å². The third kappa shape index (κ3) is 3.43. The molecule has 4 rings (SSSR count). The first-order valence-corrected chi connectivity index (χ1v) is 11.1. The molecular formula is C22H28ClN3O4. The Morgan fingerprint density at radius 1 is 1.17 bits per heavy atom. The van der Waals surface area contributed by atoms with Crippen LogP contribution in [0.5, 0.6) is 11.5 Å². The van der Waals surface area contributed by atoms with Gasteiger partial charge in [0.05, 0.1) is 31.4 Å². The molecule has 3 aliphatic rings. The van der Waals surface area contributed by atoms with Crippen LogP contribution in [0.3, 0.4) is 0 Å². The summed E-state index contributed by atoms with van der Waals surface area (Å²) >= 11 is 5.69. The van der Waals surface area contributed by atoms with Gasteiger partial charge >= 0.3 is 0 Å². The fraction of sp³-hybridized carbons (Fsp3) is 0.591. The Bertz CT molecular complexity index is 858. The summed E-state index contributed by atoms with van der Waals surface area (Å²) < 4.78 is 10.8. The van der Waals surface area contributed by atoms with E-state index in [1.54, 1.807) is 24.1 Å². The summed E-state index contributed by atoms with van der Waals surface area (Å²) in [5.41, 5.74) is 1.19. The van der Waals surface area contributed by atoms with E-state index in [1.165, 1.54) is 0 Å². The van der Waals surface area contributed by atoms with Gasteiger partial charge < -0.3 is 14.4 Å². The summed E-state index contributed by atoms with van der Waals surface area (Å²) in [6.45, 7) is 1.21. The summed E-state index contributed by atoms with van der Waals surface area (Å²) in [4.78, 5) is 27.3. The largest absolute Gasteiger partial charge is 0.493 e. The predicted octanol–water partition coefficient (Wildman–Crippen LogP) is 3.04. The van der Waals surface area contributed by atoms with Gasteiger partial charge in [0.25, 0.3) is 5.91 Å². The minimum atomic E-state index is -0.553. The Kier molecular flexibility index (Phi) is 5.91. The van der Waals surface area contributed by atoms with Crippen molar-refractivity contribution in [2.45, 2.75) is 44.6 Å². The average Bonchev–Trinajstić information content (AvgIpc) is 3.39. The van der Waals surface area contributed by atoms with Crippen LogP contribution in [0.2, 0.25) is 0 Å². The van der Waals surface area contributed by atoms with Gasteiger partial charge in [0.2, 0.25) is 5.91 Å². The zero-order valence-corrected chi connectivity index (χ0v) is 18.3. The van der Waals surface area contributed by atoms with Crippen LogP contribution in [-0.4, -0.2) is 66.7 Å². The lowest BCUT2D eigenvalue weighted by molar-refractivity contribution is -0.139. The van der Waals surface area contributed by atoms with Crippen molar-refractivity contribution in [2.24, 2.45) is 10.5 Å². The number of ether oxygens (including phenoxy) is 2. The molecular weight excluding hydrogens is 406 g/mol. The molecule has 2 fully saturated rings. The van der Waals surface area contributed by atoms with E-state index in [4.69, 9.17) is 26.2 Å². The van der Waals surface area contributed by atoms with Crippen molar-refractivity contribution in [1.29, 1.82) is 0 Å². The molecule has 1 aromatic rings. The van der Waals surface area contributed by atoms with Crippen molar-refractivity contribution in [3.63, 3.8) is 0 Å². The number of rotatable bonds is 5. The Balaban J connectivity index is 1.64. The lowest BCUT2D eigenvalue weighted by Gasteiger charge is -2.35. The van der Waals surface area contributed by atoms with Crippen LogP contribution in [-0.2, 0) is 9.59 Å². The maximum absolute atomic E-state index is 13.6. The number of piperidine rings is 1. The highest BCUT2D eigenvalue weighted by atomic mass is 35.5. The summed E-state index contributed by atoms with van der Waals surface area (Å²) in [6.07, 6.45) is 5.11. The third-order valence-corrected chi connectivity index (χ3v) is 6.90. The summed E-state index contributed by atoms with van der Waals surface area (Å²) in [7, 11) is 3.21. The van der Waals surface area contributed by atoms with Gasteiger partial charge in [0, 0.05) is 18.7 Å². The highest BCUT2D eigenvalue weighted by molar-refractivity contribution is 6.27. The number of hydrazone groups is 1. The van der Waals surface area contributed by atoms with Crippen LogP contribution >= 0.6 is 11.6 Å². The molecule has 0 atom stereocenters.